The molecule has 1 amide bonds. The number of amides is 1. The summed E-state index contributed by atoms with van der Waals surface area (Å²) < 4.78 is 4.93. The number of benzene rings is 1. The van der Waals surface area contributed by atoms with E-state index >= 15 is 0 Å². The topological polar surface area (TPSA) is 58.6 Å². The molecule has 0 atom stereocenters. The van der Waals surface area contributed by atoms with Crippen LogP contribution in [0, 0.1) is 0 Å². The Hall–Kier alpha value is -1.97. The minimum absolute atomic E-state index is 0.0783. The van der Waals surface area contributed by atoms with Crippen LogP contribution in [0.4, 0.5) is 0 Å². The molecule has 0 saturated carbocycles. The molecule has 4 nitrogen and oxygen atoms in total. The number of hydrogen-bond acceptors (Lipinski definition) is 3. The molecule has 80 valence electrons. The number of carbonyl (C=O) groups is 1. The first-order valence-electron chi connectivity index (χ1n) is 4.44. The Morgan fingerprint density at radius 2 is 2.27 bits per heavy atom. The number of methoxy groups -OCH3 is 1. The van der Waals surface area contributed by atoms with Crippen LogP contribution in [-0.4, -0.2) is 25.2 Å². The molecule has 0 aliphatic rings. The number of rotatable bonds is 3. The summed E-state index contributed by atoms with van der Waals surface area (Å²) >= 11 is 0. The molecule has 2 N–H and O–H groups in total. The van der Waals surface area contributed by atoms with E-state index in [0.717, 1.165) is 5.56 Å². The van der Waals surface area contributed by atoms with Gasteiger partial charge in [-0.3, -0.25) is 4.79 Å². The van der Waals surface area contributed by atoms with Crippen LogP contribution >= 0.6 is 0 Å². The molecule has 4 heteroatoms. The van der Waals surface area contributed by atoms with Gasteiger partial charge in [0.25, 0.3) is 0 Å². The van der Waals surface area contributed by atoms with Gasteiger partial charge in [-0.15, -0.1) is 0 Å². The smallest absolute Gasteiger partial charge is 0.243 e. The van der Waals surface area contributed by atoms with Crippen molar-refractivity contribution in [2.45, 2.75) is 0 Å². The molecule has 0 heterocycles. The van der Waals surface area contributed by atoms with Gasteiger partial charge in [0, 0.05) is 13.1 Å². The molecule has 0 fully saturated rings. The predicted octanol–water partition coefficient (Wildman–Crippen LogP) is 1.16. The van der Waals surface area contributed by atoms with E-state index < -0.39 is 0 Å². The third-order valence-corrected chi connectivity index (χ3v) is 1.88. The van der Waals surface area contributed by atoms with E-state index in [1.54, 1.807) is 25.3 Å². The Morgan fingerprint density at radius 1 is 1.53 bits per heavy atom. The Labute approximate surface area is 88.2 Å². The number of phenols is 1. The van der Waals surface area contributed by atoms with Crippen molar-refractivity contribution in [2.75, 3.05) is 14.2 Å². The van der Waals surface area contributed by atoms with Crippen molar-refractivity contribution >= 4 is 12.0 Å². The Bertz CT molecular complexity index is 385. The van der Waals surface area contributed by atoms with E-state index in [0.29, 0.717) is 5.75 Å². The number of hydrogen-bond donors (Lipinski definition) is 2. The van der Waals surface area contributed by atoms with E-state index in [1.807, 2.05) is 0 Å². The summed E-state index contributed by atoms with van der Waals surface area (Å²) in [4.78, 5) is 10.9. The molecule has 0 spiro atoms. The average Bonchev–Trinajstić information content (AvgIpc) is 2.27. The first-order valence-corrected chi connectivity index (χ1v) is 4.44. The second kappa shape index (κ2) is 5.05. The highest BCUT2D eigenvalue weighted by molar-refractivity contribution is 5.91. The summed E-state index contributed by atoms with van der Waals surface area (Å²) in [6, 6.07) is 4.86. The van der Waals surface area contributed by atoms with Gasteiger partial charge in [0.15, 0.2) is 11.5 Å². The third kappa shape index (κ3) is 3.02. The molecule has 0 unspecified atom stereocenters. The van der Waals surface area contributed by atoms with Crippen LogP contribution in [0.25, 0.3) is 6.08 Å². The fourth-order valence-corrected chi connectivity index (χ4v) is 1.05. The molecule has 0 saturated heterocycles. The lowest BCUT2D eigenvalue weighted by molar-refractivity contribution is -0.115. The maximum absolute atomic E-state index is 10.9. The van der Waals surface area contributed by atoms with Gasteiger partial charge in [-0.05, 0) is 23.8 Å². The zero-order chi connectivity index (χ0) is 11.3. The normalized spacial score (nSPS) is 10.3. The quantitative estimate of drug-likeness (QED) is 0.731. The van der Waals surface area contributed by atoms with Crippen molar-refractivity contribution in [1.82, 2.24) is 5.32 Å². The summed E-state index contributed by atoms with van der Waals surface area (Å²) in [5, 5.41) is 11.8. The van der Waals surface area contributed by atoms with E-state index in [4.69, 9.17) is 4.74 Å². The predicted molar refractivity (Wildman–Crippen MR) is 57.8 cm³/mol. The summed E-state index contributed by atoms with van der Waals surface area (Å²) in [6.07, 6.45) is 3.05. The van der Waals surface area contributed by atoms with E-state index in [-0.39, 0.29) is 11.7 Å². The highest BCUT2D eigenvalue weighted by atomic mass is 16.5. The SMILES string of the molecule is CNC(=O)/C=C/c1ccc(O)c(OC)c1. The third-order valence-electron chi connectivity index (χ3n) is 1.88. The van der Waals surface area contributed by atoms with Crippen LogP contribution in [0.1, 0.15) is 5.56 Å². The average molecular weight is 207 g/mol. The highest BCUT2D eigenvalue weighted by Crippen LogP contribution is 2.26. The van der Waals surface area contributed by atoms with Gasteiger partial charge in [0.2, 0.25) is 5.91 Å². The number of ether oxygens (including phenoxy) is 1. The minimum Gasteiger partial charge on any atom is -0.504 e. The van der Waals surface area contributed by atoms with Gasteiger partial charge in [0.1, 0.15) is 0 Å². The van der Waals surface area contributed by atoms with Gasteiger partial charge >= 0.3 is 0 Å². The standard InChI is InChI=1S/C11H13NO3/c1-12-11(14)6-4-8-3-5-9(13)10(7-8)15-2/h3-7,13H,1-2H3,(H,12,14)/b6-4+. The van der Waals surface area contributed by atoms with Gasteiger partial charge in [-0.25, -0.2) is 0 Å². The highest BCUT2D eigenvalue weighted by Gasteiger charge is 2.00. The molecule has 15 heavy (non-hydrogen) atoms. The molecule has 0 radical (unpaired) electrons. The second-order valence-corrected chi connectivity index (χ2v) is 2.88. The second-order valence-electron chi connectivity index (χ2n) is 2.88. The number of nitrogens with one attached hydrogen (secondary N) is 1. The fourth-order valence-electron chi connectivity index (χ4n) is 1.05. The summed E-state index contributed by atoms with van der Waals surface area (Å²) in [5.41, 5.74) is 0.785. The van der Waals surface area contributed by atoms with Crippen molar-refractivity contribution in [2.24, 2.45) is 0 Å². The zero-order valence-electron chi connectivity index (χ0n) is 8.65. The van der Waals surface area contributed by atoms with Crippen molar-refractivity contribution in [3.63, 3.8) is 0 Å². The molecule has 1 aromatic rings. The van der Waals surface area contributed by atoms with Crippen molar-refractivity contribution < 1.29 is 14.6 Å². The van der Waals surface area contributed by atoms with Crippen molar-refractivity contribution in [1.29, 1.82) is 0 Å². The minimum atomic E-state index is -0.179. The summed E-state index contributed by atoms with van der Waals surface area (Å²) in [5.74, 6) is 0.283. The lowest BCUT2D eigenvalue weighted by atomic mass is 10.2. The molecular weight excluding hydrogens is 194 g/mol. The van der Waals surface area contributed by atoms with Crippen LogP contribution in [0.15, 0.2) is 24.3 Å². The monoisotopic (exact) mass is 207 g/mol. The number of aromatic hydroxyl groups is 1. The Balaban J connectivity index is 2.87. The van der Waals surface area contributed by atoms with Gasteiger partial charge in [-0.2, -0.15) is 0 Å². The molecule has 0 aliphatic heterocycles. The maximum Gasteiger partial charge on any atom is 0.243 e. The van der Waals surface area contributed by atoms with Crippen LogP contribution < -0.4 is 10.1 Å². The number of phenolic OH excluding ortho intramolecular Hbond substituents is 1. The maximum atomic E-state index is 10.9. The lowest BCUT2D eigenvalue weighted by Crippen LogP contribution is -2.13. The first-order chi connectivity index (χ1) is 7.17. The number of carbonyl (C=O) groups excluding carboxylic acids is 1. The number of likely N-dealkylation sites (N-methyl/N-ethyl adjacent to an activating group) is 1. The fraction of sp³-hybridized carbons (Fsp3) is 0.182. The van der Waals surface area contributed by atoms with Crippen LogP contribution in [0.2, 0.25) is 0 Å². The molecular formula is C11H13NO3. The Kier molecular flexibility index (Phi) is 3.74. The Morgan fingerprint density at radius 3 is 2.87 bits per heavy atom. The van der Waals surface area contributed by atoms with Crippen molar-refractivity contribution in [3.05, 3.63) is 29.8 Å². The molecule has 1 aromatic carbocycles. The van der Waals surface area contributed by atoms with Gasteiger partial charge in [-0.1, -0.05) is 6.07 Å². The molecule has 1 rings (SSSR count). The van der Waals surface area contributed by atoms with E-state index in [2.05, 4.69) is 5.32 Å². The summed E-state index contributed by atoms with van der Waals surface area (Å²) in [6.45, 7) is 0. The molecule has 0 aromatic heterocycles. The van der Waals surface area contributed by atoms with Gasteiger partial charge in [0.05, 0.1) is 7.11 Å². The van der Waals surface area contributed by atoms with Crippen molar-refractivity contribution in [3.8, 4) is 11.5 Å². The largest absolute Gasteiger partial charge is 0.504 e. The van der Waals surface area contributed by atoms with Crippen LogP contribution in [0.3, 0.4) is 0 Å². The van der Waals surface area contributed by atoms with Crippen LogP contribution in [0.5, 0.6) is 11.5 Å². The van der Waals surface area contributed by atoms with E-state index in [9.17, 15) is 9.90 Å². The van der Waals surface area contributed by atoms with Crippen LogP contribution in [-0.2, 0) is 4.79 Å². The zero-order valence-corrected chi connectivity index (χ0v) is 8.65. The van der Waals surface area contributed by atoms with E-state index in [1.165, 1.54) is 19.3 Å². The first kappa shape index (κ1) is 11.1. The van der Waals surface area contributed by atoms with Gasteiger partial charge < -0.3 is 15.2 Å². The lowest BCUT2D eigenvalue weighted by Gasteiger charge is -2.03. The molecule has 0 bridgehead atoms. The summed E-state index contributed by atoms with van der Waals surface area (Å²) in [7, 11) is 3.03. The molecule has 0 aliphatic carbocycles.